The third kappa shape index (κ3) is 4.58. The van der Waals surface area contributed by atoms with Gasteiger partial charge in [-0.2, -0.15) is 11.8 Å². The summed E-state index contributed by atoms with van der Waals surface area (Å²) in [5.41, 5.74) is 0.784. The topological polar surface area (TPSA) is 78.9 Å². The van der Waals surface area contributed by atoms with Crippen molar-refractivity contribution in [1.82, 2.24) is 0 Å². The van der Waals surface area contributed by atoms with Gasteiger partial charge < -0.3 is 14.2 Å². The van der Waals surface area contributed by atoms with Crippen LogP contribution in [0.4, 0.5) is 0 Å². The van der Waals surface area contributed by atoms with Gasteiger partial charge in [0.1, 0.15) is 11.5 Å². The van der Waals surface area contributed by atoms with Crippen LogP contribution in [-0.4, -0.2) is 49.4 Å². The van der Waals surface area contributed by atoms with Crippen molar-refractivity contribution in [2.75, 3.05) is 20.5 Å². The average Bonchev–Trinajstić information content (AvgIpc) is 2.92. The summed E-state index contributed by atoms with van der Waals surface area (Å²) < 4.78 is 15.6. The van der Waals surface area contributed by atoms with Crippen LogP contribution in [0.2, 0.25) is 0 Å². The van der Waals surface area contributed by atoms with Crippen LogP contribution < -0.4 is 9.47 Å². The first-order chi connectivity index (χ1) is 12.4. The zero-order chi connectivity index (χ0) is 19.3. The monoisotopic (exact) mass is 380 g/mol. The average molecular weight is 380 g/mol. The van der Waals surface area contributed by atoms with Gasteiger partial charge in [-0.15, -0.1) is 0 Å². The van der Waals surface area contributed by atoms with E-state index < -0.39 is 29.6 Å². The fraction of sp³-hybridized carbons (Fsp3) is 0.526. The number of hydrogen-bond acceptors (Lipinski definition) is 7. The number of rotatable bonds is 9. The molecule has 2 rings (SSSR count). The predicted octanol–water partition coefficient (Wildman–Crippen LogP) is 2.46. The maximum Gasteiger partial charge on any atom is 0.325 e. The van der Waals surface area contributed by atoms with Gasteiger partial charge in [0.25, 0.3) is 0 Å². The van der Waals surface area contributed by atoms with Crippen LogP contribution in [0.3, 0.4) is 0 Å². The van der Waals surface area contributed by atoms with Crippen molar-refractivity contribution in [2.24, 2.45) is 5.92 Å². The second kappa shape index (κ2) is 9.07. The van der Waals surface area contributed by atoms with Gasteiger partial charge >= 0.3 is 5.97 Å². The summed E-state index contributed by atoms with van der Waals surface area (Å²) in [5, 5.41) is 0.173. The van der Waals surface area contributed by atoms with Crippen LogP contribution in [0, 0.1) is 5.92 Å². The molecule has 1 aliphatic heterocycles. The molecule has 0 saturated carbocycles. The van der Waals surface area contributed by atoms with E-state index in [0.717, 1.165) is 5.56 Å². The van der Waals surface area contributed by atoms with Crippen LogP contribution in [0.15, 0.2) is 18.2 Å². The first kappa shape index (κ1) is 20.3. The van der Waals surface area contributed by atoms with E-state index in [1.54, 1.807) is 44.2 Å². The van der Waals surface area contributed by atoms with Crippen molar-refractivity contribution in [1.29, 1.82) is 0 Å². The smallest absolute Gasteiger partial charge is 0.325 e. The number of cyclic esters (lactones) is 1. The number of carbonyl (C=O) groups excluding carboxylic acids is 3. The van der Waals surface area contributed by atoms with E-state index in [-0.39, 0.29) is 11.7 Å². The molecule has 142 valence electrons. The molecule has 26 heavy (non-hydrogen) atoms. The Kier molecular flexibility index (Phi) is 7.08. The molecule has 3 atom stereocenters. The molecule has 0 bridgehead atoms. The molecule has 0 N–H and O–H groups in total. The highest BCUT2D eigenvalue weighted by molar-refractivity contribution is 7.99. The van der Waals surface area contributed by atoms with Gasteiger partial charge in [-0.25, -0.2) is 0 Å². The third-order valence-electron chi connectivity index (χ3n) is 4.49. The molecule has 0 aromatic heterocycles. The Bertz CT molecular complexity index is 687. The highest BCUT2D eigenvalue weighted by Crippen LogP contribution is 2.28. The molecule has 1 saturated heterocycles. The zero-order valence-corrected chi connectivity index (χ0v) is 16.3. The number of aryl methyl sites for hydroxylation is 1. The molecule has 0 spiro atoms. The van der Waals surface area contributed by atoms with Gasteiger partial charge in [0.15, 0.2) is 23.6 Å². The van der Waals surface area contributed by atoms with Crippen LogP contribution in [0.1, 0.15) is 25.3 Å². The van der Waals surface area contributed by atoms with Crippen LogP contribution in [0.25, 0.3) is 0 Å². The molecular weight excluding hydrogens is 356 g/mol. The third-order valence-corrected chi connectivity index (χ3v) is 5.49. The Morgan fingerprint density at radius 3 is 2.62 bits per heavy atom. The summed E-state index contributed by atoms with van der Waals surface area (Å²) in [5.74, 6) is -1.58. The van der Waals surface area contributed by atoms with Crippen molar-refractivity contribution in [3.8, 4) is 11.5 Å². The van der Waals surface area contributed by atoms with Crippen molar-refractivity contribution in [3.63, 3.8) is 0 Å². The van der Waals surface area contributed by atoms with Gasteiger partial charge in [-0.3, -0.25) is 14.4 Å². The van der Waals surface area contributed by atoms with E-state index >= 15 is 0 Å². The second-order valence-electron chi connectivity index (χ2n) is 6.19. The minimum atomic E-state index is -1.30. The van der Waals surface area contributed by atoms with E-state index in [9.17, 15) is 14.4 Å². The molecule has 1 aliphatic rings. The highest BCUT2D eigenvalue weighted by atomic mass is 32.2. The lowest BCUT2D eigenvalue weighted by molar-refractivity contribution is -0.146. The Labute approximate surface area is 157 Å². The van der Waals surface area contributed by atoms with Gasteiger partial charge in [-0.1, -0.05) is 6.92 Å². The largest absolute Gasteiger partial charge is 0.497 e. The van der Waals surface area contributed by atoms with E-state index in [0.29, 0.717) is 24.3 Å². The van der Waals surface area contributed by atoms with Crippen LogP contribution in [0.5, 0.6) is 11.5 Å². The van der Waals surface area contributed by atoms with Gasteiger partial charge in [0.2, 0.25) is 0 Å². The van der Waals surface area contributed by atoms with Crippen molar-refractivity contribution >= 4 is 29.3 Å². The summed E-state index contributed by atoms with van der Waals surface area (Å²) in [6.07, 6.45) is 1.95. The molecule has 1 fully saturated rings. The van der Waals surface area contributed by atoms with E-state index in [1.165, 1.54) is 0 Å². The number of ether oxygens (including phenoxy) is 3. The van der Waals surface area contributed by atoms with Gasteiger partial charge in [-0.05, 0) is 36.4 Å². The number of methoxy groups -OCH3 is 2. The highest BCUT2D eigenvalue weighted by Gasteiger charge is 2.47. The maximum atomic E-state index is 12.5. The number of carbonyl (C=O) groups is 3. The van der Waals surface area contributed by atoms with E-state index in [2.05, 4.69) is 0 Å². The lowest BCUT2D eigenvalue weighted by atomic mass is 9.92. The number of esters is 1. The number of ketones is 2. The predicted molar refractivity (Wildman–Crippen MR) is 98.8 cm³/mol. The van der Waals surface area contributed by atoms with Gasteiger partial charge in [0.05, 0.1) is 14.2 Å². The molecule has 7 heteroatoms. The molecule has 1 heterocycles. The molecule has 0 radical (unpaired) electrons. The van der Waals surface area contributed by atoms with Crippen molar-refractivity contribution in [2.45, 2.75) is 37.5 Å². The molecule has 1 aromatic carbocycles. The normalized spacial score (nSPS) is 20.6. The second-order valence-corrected chi connectivity index (χ2v) is 7.46. The Morgan fingerprint density at radius 2 is 2.00 bits per heavy atom. The fourth-order valence-corrected chi connectivity index (χ4v) is 3.27. The lowest BCUT2D eigenvalue weighted by Gasteiger charge is -2.12. The summed E-state index contributed by atoms with van der Waals surface area (Å²) >= 11 is 1.59. The standard InChI is InChI=1S/C19H24O6S/c1-11(26-4)9-16-18(21)17(19(22)25-16)14(20)7-5-12-10-13(23-2)6-8-15(12)24-3/h6,8,10-11,16-17H,5,7,9H2,1-4H3. The Balaban J connectivity index is 2.04. The van der Waals surface area contributed by atoms with Gasteiger partial charge in [0, 0.05) is 18.1 Å². The fourth-order valence-electron chi connectivity index (χ4n) is 2.90. The summed E-state index contributed by atoms with van der Waals surface area (Å²) in [4.78, 5) is 36.9. The first-order valence-electron chi connectivity index (χ1n) is 8.41. The van der Waals surface area contributed by atoms with Crippen LogP contribution >= 0.6 is 11.8 Å². The molecule has 0 amide bonds. The lowest BCUT2D eigenvalue weighted by Crippen LogP contribution is -2.29. The first-order valence-corrected chi connectivity index (χ1v) is 9.70. The minimum Gasteiger partial charge on any atom is -0.497 e. The molecule has 1 aromatic rings. The number of benzene rings is 1. The SMILES string of the molecule is COc1ccc(OC)c(CCC(=O)C2C(=O)OC(CC(C)SC)C2=O)c1. The summed E-state index contributed by atoms with van der Waals surface area (Å²) in [7, 11) is 3.10. The molecular formula is C19H24O6S. The van der Waals surface area contributed by atoms with E-state index in [4.69, 9.17) is 14.2 Å². The minimum absolute atomic E-state index is 0.0554. The Morgan fingerprint density at radius 1 is 1.27 bits per heavy atom. The summed E-state index contributed by atoms with van der Waals surface area (Å²) in [6.45, 7) is 1.95. The number of Topliss-reactive ketones (excluding diaryl/α,β-unsaturated/α-hetero) is 2. The van der Waals surface area contributed by atoms with E-state index in [1.807, 2.05) is 13.2 Å². The molecule has 0 aliphatic carbocycles. The zero-order valence-electron chi connectivity index (χ0n) is 15.4. The molecule has 6 nitrogen and oxygen atoms in total. The molecule has 3 unspecified atom stereocenters. The maximum absolute atomic E-state index is 12.5. The van der Waals surface area contributed by atoms with Crippen molar-refractivity contribution in [3.05, 3.63) is 23.8 Å². The van der Waals surface area contributed by atoms with Crippen LogP contribution in [-0.2, 0) is 25.5 Å². The number of hydrogen-bond donors (Lipinski definition) is 0. The Hall–Kier alpha value is -2.02. The van der Waals surface area contributed by atoms with Crippen molar-refractivity contribution < 1.29 is 28.6 Å². The number of thioether (sulfide) groups is 1. The quantitative estimate of drug-likeness (QED) is 0.481. The summed E-state index contributed by atoms with van der Waals surface area (Å²) in [6, 6.07) is 5.30.